The van der Waals surface area contributed by atoms with Crippen molar-refractivity contribution in [2.75, 3.05) is 26.8 Å². The van der Waals surface area contributed by atoms with Gasteiger partial charge >= 0.3 is 0 Å². The van der Waals surface area contributed by atoms with Gasteiger partial charge in [-0.25, -0.2) is 0 Å². The number of hydrogen-bond acceptors (Lipinski definition) is 5. The highest BCUT2D eigenvalue weighted by Gasteiger charge is 2.16. The lowest BCUT2D eigenvalue weighted by Gasteiger charge is -2.24. The molecule has 0 saturated carbocycles. The summed E-state index contributed by atoms with van der Waals surface area (Å²) in [6.07, 6.45) is 3.54. The Morgan fingerprint density at radius 1 is 1.30 bits per heavy atom. The Labute approximate surface area is 141 Å². The highest BCUT2D eigenvalue weighted by atomic mass is 35.5. The van der Waals surface area contributed by atoms with Crippen LogP contribution in [0.15, 0.2) is 28.8 Å². The largest absolute Gasteiger partial charge is 0.381 e. The summed E-state index contributed by atoms with van der Waals surface area (Å²) in [5.74, 6) is 1.99. The minimum Gasteiger partial charge on any atom is -0.381 e. The van der Waals surface area contributed by atoms with Crippen LogP contribution in [0, 0.1) is 5.92 Å². The smallest absolute Gasteiger partial charge is 0.241 e. The molecule has 1 aromatic heterocycles. The van der Waals surface area contributed by atoms with Crippen molar-refractivity contribution in [2.45, 2.75) is 25.8 Å². The predicted octanol–water partition coefficient (Wildman–Crippen LogP) is 3.64. The van der Waals surface area contributed by atoms with Gasteiger partial charge in [-0.05, 0) is 50.9 Å². The van der Waals surface area contributed by atoms with Crippen LogP contribution in [0.1, 0.15) is 25.2 Å². The van der Waals surface area contributed by atoms with Crippen molar-refractivity contribution >= 4 is 11.6 Å². The standard InChI is InChI=1S/C17H22ClN3O2/c1-21(8-5-13-6-9-22-10-7-13)12-16-19-17(20-23-16)14-3-2-4-15(18)11-14/h2-4,11,13H,5-10,12H2,1H3. The fraction of sp³-hybridized carbons (Fsp3) is 0.529. The number of hydrogen-bond donors (Lipinski definition) is 0. The average Bonchev–Trinajstić information content (AvgIpc) is 3.02. The summed E-state index contributed by atoms with van der Waals surface area (Å²) in [5, 5.41) is 4.71. The van der Waals surface area contributed by atoms with Crippen LogP contribution in [-0.2, 0) is 11.3 Å². The van der Waals surface area contributed by atoms with Crippen molar-refractivity contribution in [3.8, 4) is 11.4 Å². The first kappa shape index (κ1) is 16.4. The Hall–Kier alpha value is -1.43. The summed E-state index contributed by atoms with van der Waals surface area (Å²) >= 11 is 6.00. The number of nitrogens with zero attached hydrogens (tertiary/aromatic N) is 3. The molecule has 5 nitrogen and oxygen atoms in total. The molecule has 2 heterocycles. The van der Waals surface area contributed by atoms with Crippen molar-refractivity contribution in [3.63, 3.8) is 0 Å². The number of rotatable bonds is 6. The molecule has 0 N–H and O–H groups in total. The van der Waals surface area contributed by atoms with E-state index in [1.54, 1.807) is 0 Å². The zero-order chi connectivity index (χ0) is 16.1. The SMILES string of the molecule is CN(CCC1CCOCC1)Cc1nc(-c2cccc(Cl)c2)no1. The summed E-state index contributed by atoms with van der Waals surface area (Å²) < 4.78 is 10.8. The molecular weight excluding hydrogens is 314 g/mol. The van der Waals surface area contributed by atoms with Crippen molar-refractivity contribution < 1.29 is 9.26 Å². The summed E-state index contributed by atoms with van der Waals surface area (Å²) in [6, 6.07) is 7.48. The first-order chi connectivity index (χ1) is 11.2. The molecule has 0 unspecified atom stereocenters. The molecule has 124 valence electrons. The van der Waals surface area contributed by atoms with Gasteiger partial charge in [0.05, 0.1) is 6.54 Å². The van der Waals surface area contributed by atoms with E-state index in [9.17, 15) is 0 Å². The Kier molecular flexibility index (Phi) is 5.65. The van der Waals surface area contributed by atoms with Crippen molar-refractivity contribution in [1.29, 1.82) is 0 Å². The van der Waals surface area contributed by atoms with Gasteiger partial charge < -0.3 is 9.26 Å². The number of aromatic nitrogens is 2. The molecule has 0 radical (unpaired) electrons. The molecule has 1 fully saturated rings. The van der Waals surface area contributed by atoms with Crippen LogP contribution < -0.4 is 0 Å². The van der Waals surface area contributed by atoms with Crippen molar-refractivity contribution in [1.82, 2.24) is 15.0 Å². The minimum atomic E-state index is 0.584. The highest BCUT2D eigenvalue weighted by molar-refractivity contribution is 6.30. The monoisotopic (exact) mass is 335 g/mol. The van der Waals surface area contributed by atoms with Gasteiger partial charge in [0.2, 0.25) is 11.7 Å². The summed E-state index contributed by atoms with van der Waals surface area (Å²) in [7, 11) is 2.09. The second-order valence-corrected chi connectivity index (χ2v) is 6.54. The summed E-state index contributed by atoms with van der Waals surface area (Å²) in [5.41, 5.74) is 0.873. The zero-order valence-corrected chi connectivity index (χ0v) is 14.1. The van der Waals surface area contributed by atoms with E-state index in [2.05, 4.69) is 22.1 Å². The van der Waals surface area contributed by atoms with E-state index in [-0.39, 0.29) is 0 Å². The van der Waals surface area contributed by atoms with Gasteiger partial charge in [-0.2, -0.15) is 4.98 Å². The summed E-state index contributed by atoms with van der Waals surface area (Å²) in [4.78, 5) is 6.69. The molecule has 1 aliphatic heterocycles. The molecular formula is C17H22ClN3O2. The highest BCUT2D eigenvalue weighted by Crippen LogP contribution is 2.21. The third kappa shape index (κ3) is 4.77. The fourth-order valence-corrected chi connectivity index (χ4v) is 3.00. The Balaban J connectivity index is 1.52. The first-order valence-electron chi connectivity index (χ1n) is 8.05. The van der Waals surface area contributed by atoms with E-state index in [0.29, 0.717) is 23.3 Å². The van der Waals surface area contributed by atoms with Gasteiger partial charge in [0, 0.05) is 23.8 Å². The van der Waals surface area contributed by atoms with E-state index in [4.69, 9.17) is 20.9 Å². The molecule has 0 spiro atoms. The third-order valence-electron chi connectivity index (χ3n) is 4.22. The lowest BCUT2D eigenvalue weighted by atomic mass is 9.96. The maximum Gasteiger partial charge on any atom is 0.241 e. The van der Waals surface area contributed by atoms with Crippen LogP contribution in [0.3, 0.4) is 0 Å². The van der Waals surface area contributed by atoms with Crippen LogP contribution in [-0.4, -0.2) is 41.8 Å². The van der Waals surface area contributed by atoms with Gasteiger partial charge in [-0.15, -0.1) is 0 Å². The Morgan fingerprint density at radius 2 is 2.13 bits per heavy atom. The topological polar surface area (TPSA) is 51.4 Å². The van der Waals surface area contributed by atoms with Crippen LogP contribution in [0.25, 0.3) is 11.4 Å². The second-order valence-electron chi connectivity index (χ2n) is 6.10. The molecule has 1 saturated heterocycles. The molecule has 0 aliphatic carbocycles. The molecule has 6 heteroatoms. The van der Waals surface area contributed by atoms with E-state index < -0.39 is 0 Å². The molecule has 0 bridgehead atoms. The van der Waals surface area contributed by atoms with Gasteiger partial charge in [-0.1, -0.05) is 28.9 Å². The van der Waals surface area contributed by atoms with E-state index >= 15 is 0 Å². The molecule has 23 heavy (non-hydrogen) atoms. The second kappa shape index (κ2) is 7.90. The first-order valence-corrected chi connectivity index (χ1v) is 8.43. The van der Waals surface area contributed by atoms with Gasteiger partial charge in [0.25, 0.3) is 0 Å². The van der Waals surface area contributed by atoms with Gasteiger partial charge in [-0.3, -0.25) is 4.90 Å². The number of benzene rings is 1. The maximum absolute atomic E-state index is 6.00. The zero-order valence-electron chi connectivity index (χ0n) is 13.4. The number of ether oxygens (including phenoxy) is 1. The Morgan fingerprint density at radius 3 is 2.91 bits per heavy atom. The molecule has 0 atom stereocenters. The van der Waals surface area contributed by atoms with Crippen LogP contribution >= 0.6 is 11.6 Å². The average molecular weight is 336 g/mol. The van der Waals surface area contributed by atoms with Crippen LogP contribution in [0.5, 0.6) is 0 Å². The van der Waals surface area contributed by atoms with Crippen molar-refractivity contribution in [3.05, 3.63) is 35.2 Å². The van der Waals surface area contributed by atoms with E-state index in [1.807, 2.05) is 24.3 Å². The van der Waals surface area contributed by atoms with Crippen LogP contribution in [0.4, 0.5) is 0 Å². The predicted molar refractivity (Wildman–Crippen MR) is 89.2 cm³/mol. The van der Waals surface area contributed by atoms with Gasteiger partial charge in [0.1, 0.15) is 0 Å². The number of halogens is 1. The quantitative estimate of drug-likeness (QED) is 0.806. The molecule has 0 amide bonds. The third-order valence-corrected chi connectivity index (χ3v) is 4.45. The lowest BCUT2D eigenvalue weighted by Crippen LogP contribution is -2.24. The Bertz CT molecular complexity index is 626. The molecule has 2 aromatic rings. The van der Waals surface area contributed by atoms with E-state index in [1.165, 1.54) is 19.3 Å². The normalized spacial score (nSPS) is 16.1. The van der Waals surface area contributed by atoms with Crippen molar-refractivity contribution in [2.24, 2.45) is 5.92 Å². The lowest BCUT2D eigenvalue weighted by molar-refractivity contribution is 0.0604. The molecule has 1 aromatic carbocycles. The molecule has 3 rings (SSSR count). The molecule has 1 aliphatic rings. The fourth-order valence-electron chi connectivity index (χ4n) is 2.81. The van der Waals surface area contributed by atoms with Gasteiger partial charge in [0.15, 0.2) is 0 Å². The minimum absolute atomic E-state index is 0.584. The summed E-state index contributed by atoms with van der Waals surface area (Å²) in [6.45, 7) is 3.50. The van der Waals surface area contributed by atoms with E-state index in [0.717, 1.165) is 31.2 Å². The van der Waals surface area contributed by atoms with Crippen LogP contribution in [0.2, 0.25) is 5.02 Å². The maximum atomic E-state index is 6.00.